The van der Waals surface area contributed by atoms with Crippen LogP contribution in [0.15, 0.2) is 22.8 Å². The van der Waals surface area contributed by atoms with Gasteiger partial charge in [-0.3, -0.25) is 14.4 Å². The molecule has 0 bridgehead atoms. The first kappa shape index (κ1) is 14.1. The molecule has 0 spiro atoms. The molecule has 1 aliphatic heterocycles. The van der Waals surface area contributed by atoms with Crippen molar-refractivity contribution >= 4 is 17.8 Å². The van der Waals surface area contributed by atoms with Crippen LogP contribution in [0.5, 0.6) is 0 Å². The van der Waals surface area contributed by atoms with Crippen molar-refractivity contribution in [3.63, 3.8) is 0 Å². The summed E-state index contributed by atoms with van der Waals surface area (Å²) in [5, 5.41) is 0. The van der Waals surface area contributed by atoms with Gasteiger partial charge in [0.1, 0.15) is 5.76 Å². The third-order valence-electron chi connectivity index (χ3n) is 3.17. The smallest absolute Gasteiger partial charge is 0.312 e. The summed E-state index contributed by atoms with van der Waals surface area (Å²) in [7, 11) is 0. The van der Waals surface area contributed by atoms with E-state index in [1.165, 1.54) is 18.1 Å². The summed E-state index contributed by atoms with van der Waals surface area (Å²) in [5.74, 6) is -1.35. The molecule has 2 N–H and O–H groups in total. The highest BCUT2D eigenvalue weighted by molar-refractivity contribution is 5.88. The van der Waals surface area contributed by atoms with Gasteiger partial charge < -0.3 is 19.8 Å². The minimum atomic E-state index is -0.989. The lowest BCUT2D eigenvalue weighted by atomic mass is 10.1. The number of carbonyl (C=O) groups is 3. The van der Waals surface area contributed by atoms with Crippen molar-refractivity contribution in [3.05, 3.63) is 24.2 Å². The van der Waals surface area contributed by atoms with Gasteiger partial charge in [-0.15, -0.1) is 0 Å². The molecular formula is C13H16N2O5. The lowest BCUT2D eigenvalue weighted by Gasteiger charge is -2.15. The molecule has 20 heavy (non-hydrogen) atoms. The topological polar surface area (TPSA) is 103 Å². The highest BCUT2D eigenvalue weighted by Crippen LogP contribution is 2.22. The Morgan fingerprint density at radius 2 is 2.35 bits per heavy atom. The van der Waals surface area contributed by atoms with Crippen LogP contribution in [0, 0.1) is 5.92 Å². The van der Waals surface area contributed by atoms with E-state index in [0.717, 1.165) is 0 Å². The molecule has 2 atom stereocenters. The molecule has 1 fully saturated rings. The summed E-state index contributed by atoms with van der Waals surface area (Å²) in [6.07, 6.45) is 0.609. The molecule has 1 aromatic rings. The maximum Gasteiger partial charge on any atom is 0.312 e. The lowest BCUT2D eigenvalue weighted by molar-refractivity contribution is -0.157. The molecule has 2 amide bonds. The van der Waals surface area contributed by atoms with E-state index in [0.29, 0.717) is 12.3 Å². The molecule has 7 heteroatoms. The zero-order valence-electron chi connectivity index (χ0n) is 11.1. The number of carbonyl (C=O) groups excluding carboxylic acids is 3. The lowest BCUT2D eigenvalue weighted by Crippen LogP contribution is -2.33. The largest absolute Gasteiger partial charge is 0.467 e. The number of nitrogens with zero attached hydrogens (tertiary/aromatic N) is 1. The van der Waals surface area contributed by atoms with E-state index < -0.39 is 23.9 Å². The first-order valence-corrected chi connectivity index (χ1v) is 6.27. The fourth-order valence-electron chi connectivity index (χ4n) is 2.00. The summed E-state index contributed by atoms with van der Waals surface area (Å²) in [6.45, 7) is 1.97. The molecule has 0 aromatic carbocycles. The molecule has 7 nitrogen and oxygen atoms in total. The van der Waals surface area contributed by atoms with Gasteiger partial charge in [0.05, 0.1) is 18.7 Å². The number of primary amides is 1. The van der Waals surface area contributed by atoms with Crippen LogP contribution in [0.4, 0.5) is 0 Å². The Labute approximate surface area is 115 Å². The van der Waals surface area contributed by atoms with E-state index in [1.54, 1.807) is 12.1 Å². The Kier molecular flexibility index (Phi) is 4.07. The SMILES string of the molecule is CC(OC(=O)C1CC(=O)N(Cc2ccco2)C1)C(N)=O. The Bertz CT molecular complexity index is 511. The number of nitrogens with two attached hydrogens (primary N) is 1. The molecule has 1 aliphatic rings. The van der Waals surface area contributed by atoms with E-state index in [1.807, 2.05) is 0 Å². The van der Waals surface area contributed by atoms with Crippen molar-refractivity contribution in [1.82, 2.24) is 4.90 Å². The maximum atomic E-state index is 11.8. The highest BCUT2D eigenvalue weighted by atomic mass is 16.5. The van der Waals surface area contributed by atoms with E-state index >= 15 is 0 Å². The highest BCUT2D eigenvalue weighted by Gasteiger charge is 2.36. The van der Waals surface area contributed by atoms with Crippen molar-refractivity contribution < 1.29 is 23.5 Å². The Hall–Kier alpha value is -2.31. The van der Waals surface area contributed by atoms with E-state index in [4.69, 9.17) is 14.9 Å². The zero-order valence-corrected chi connectivity index (χ0v) is 11.1. The van der Waals surface area contributed by atoms with E-state index in [9.17, 15) is 14.4 Å². The van der Waals surface area contributed by atoms with Crippen LogP contribution in [-0.2, 0) is 25.7 Å². The van der Waals surface area contributed by atoms with Crippen molar-refractivity contribution in [2.75, 3.05) is 6.54 Å². The van der Waals surface area contributed by atoms with Crippen LogP contribution >= 0.6 is 0 Å². The number of esters is 1. The third kappa shape index (κ3) is 3.17. The summed E-state index contributed by atoms with van der Waals surface area (Å²) >= 11 is 0. The molecule has 1 saturated heterocycles. The quantitative estimate of drug-likeness (QED) is 0.767. The molecule has 0 aliphatic carbocycles. The molecule has 2 heterocycles. The van der Waals surface area contributed by atoms with Gasteiger partial charge in [0, 0.05) is 13.0 Å². The first-order chi connectivity index (χ1) is 9.47. The summed E-state index contributed by atoms with van der Waals surface area (Å²) < 4.78 is 10.1. The van der Waals surface area contributed by atoms with Gasteiger partial charge in [-0.2, -0.15) is 0 Å². The fraction of sp³-hybridized carbons (Fsp3) is 0.462. The average Bonchev–Trinajstić information content (AvgIpc) is 3.00. The summed E-state index contributed by atoms with van der Waals surface area (Å²) in [6, 6.07) is 3.49. The van der Waals surface area contributed by atoms with Gasteiger partial charge >= 0.3 is 5.97 Å². The van der Waals surface area contributed by atoms with Crippen LogP contribution in [-0.4, -0.2) is 35.3 Å². The van der Waals surface area contributed by atoms with Gasteiger partial charge in [-0.1, -0.05) is 0 Å². The van der Waals surface area contributed by atoms with E-state index in [-0.39, 0.29) is 18.9 Å². The average molecular weight is 280 g/mol. The molecule has 108 valence electrons. The molecule has 0 radical (unpaired) electrons. The number of hydrogen-bond donors (Lipinski definition) is 1. The van der Waals surface area contributed by atoms with Gasteiger partial charge in [0.2, 0.25) is 5.91 Å². The van der Waals surface area contributed by atoms with Crippen LogP contribution in [0.25, 0.3) is 0 Å². The standard InChI is InChI=1S/C13H16N2O5/c1-8(12(14)17)20-13(18)9-5-11(16)15(6-9)7-10-3-2-4-19-10/h2-4,8-9H,5-7H2,1H3,(H2,14,17). The van der Waals surface area contributed by atoms with Crippen LogP contribution < -0.4 is 5.73 Å². The molecule has 1 aromatic heterocycles. The van der Waals surface area contributed by atoms with Crippen LogP contribution in [0.3, 0.4) is 0 Å². The fourth-order valence-corrected chi connectivity index (χ4v) is 2.00. The normalized spacial score (nSPS) is 19.9. The summed E-state index contributed by atoms with van der Waals surface area (Å²) in [4.78, 5) is 36.0. The summed E-state index contributed by atoms with van der Waals surface area (Å²) in [5.41, 5.74) is 5.02. The Morgan fingerprint density at radius 3 is 2.95 bits per heavy atom. The van der Waals surface area contributed by atoms with Crippen molar-refractivity contribution in [3.8, 4) is 0 Å². The molecular weight excluding hydrogens is 264 g/mol. The number of hydrogen-bond acceptors (Lipinski definition) is 5. The number of likely N-dealkylation sites (tertiary alicyclic amines) is 1. The van der Waals surface area contributed by atoms with Gasteiger partial charge in [0.15, 0.2) is 6.10 Å². The second kappa shape index (κ2) is 5.77. The predicted octanol–water partition coefficient (Wildman–Crippen LogP) is 0.0451. The zero-order chi connectivity index (χ0) is 14.7. The number of ether oxygens (including phenoxy) is 1. The number of amides is 2. The Morgan fingerprint density at radius 1 is 1.60 bits per heavy atom. The minimum Gasteiger partial charge on any atom is -0.467 e. The molecule has 2 unspecified atom stereocenters. The van der Waals surface area contributed by atoms with Crippen LogP contribution in [0.1, 0.15) is 19.1 Å². The predicted molar refractivity (Wildman–Crippen MR) is 67.0 cm³/mol. The van der Waals surface area contributed by atoms with Gasteiger partial charge in [-0.25, -0.2) is 0 Å². The maximum absolute atomic E-state index is 11.8. The van der Waals surface area contributed by atoms with E-state index in [2.05, 4.69) is 0 Å². The number of furan rings is 1. The second-order valence-electron chi connectivity index (χ2n) is 4.74. The van der Waals surface area contributed by atoms with Crippen LogP contribution in [0.2, 0.25) is 0 Å². The Balaban J connectivity index is 1.91. The van der Waals surface area contributed by atoms with Crippen molar-refractivity contribution in [1.29, 1.82) is 0 Å². The second-order valence-corrected chi connectivity index (χ2v) is 4.74. The van der Waals surface area contributed by atoms with Crippen molar-refractivity contribution in [2.24, 2.45) is 11.7 Å². The monoisotopic (exact) mass is 280 g/mol. The molecule has 2 rings (SSSR count). The minimum absolute atomic E-state index is 0.0744. The molecule has 0 saturated carbocycles. The van der Waals surface area contributed by atoms with Gasteiger partial charge in [0.25, 0.3) is 5.91 Å². The third-order valence-corrected chi connectivity index (χ3v) is 3.17. The first-order valence-electron chi connectivity index (χ1n) is 6.27. The van der Waals surface area contributed by atoms with Gasteiger partial charge in [-0.05, 0) is 19.1 Å². The van der Waals surface area contributed by atoms with Crippen molar-refractivity contribution in [2.45, 2.75) is 26.0 Å². The number of rotatable bonds is 5.